The number of aromatic nitrogens is 1. The standard InChI is InChI=1S/C14H19N3S/c1-10-5-6-12(7-13(10)17(3)4)16-11(2)14-8-15-9-18-14/h5-9,11,16H,1-4H3. The topological polar surface area (TPSA) is 28.2 Å². The SMILES string of the molecule is Cc1ccc(NC(C)c2cncs2)cc1N(C)C. The van der Waals surface area contributed by atoms with E-state index in [2.05, 4.69) is 61.3 Å². The minimum Gasteiger partial charge on any atom is -0.378 e. The van der Waals surface area contributed by atoms with Gasteiger partial charge in [0, 0.05) is 36.5 Å². The molecule has 1 unspecified atom stereocenters. The maximum absolute atomic E-state index is 4.12. The van der Waals surface area contributed by atoms with Crippen LogP contribution in [0, 0.1) is 6.92 Å². The highest BCUT2D eigenvalue weighted by molar-refractivity contribution is 7.09. The van der Waals surface area contributed by atoms with Crippen LogP contribution in [0.1, 0.15) is 23.4 Å². The zero-order valence-corrected chi connectivity index (χ0v) is 12.1. The van der Waals surface area contributed by atoms with Crippen LogP contribution in [0.3, 0.4) is 0 Å². The summed E-state index contributed by atoms with van der Waals surface area (Å²) < 4.78 is 0. The fourth-order valence-corrected chi connectivity index (χ4v) is 2.57. The zero-order chi connectivity index (χ0) is 13.1. The fraction of sp³-hybridized carbons (Fsp3) is 0.357. The van der Waals surface area contributed by atoms with Crippen LogP contribution in [0.5, 0.6) is 0 Å². The number of nitrogens with zero attached hydrogens (tertiary/aromatic N) is 2. The van der Waals surface area contributed by atoms with Crippen molar-refractivity contribution in [1.29, 1.82) is 0 Å². The molecular weight excluding hydrogens is 242 g/mol. The lowest BCUT2D eigenvalue weighted by Gasteiger charge is -2.19. The summed E-state index contributed by atoms with van der Waals surface area (Å²) in [6.07, 6.45) is 1.92. The molecule has 1 aromatic heterocycles. The summed E-state index contributed by atoms with van der Waals surface area (Å²) >= 11 is 1.68. The van der Waals surface area contributed by atoms with Gasteiger partial charge in [0.05, 0.1) is 11.6 Å². The van der Waals surface area contributed by atoms with Gasteiger partial charge in [0.1, 0.15) is 0 Å². The molecule has 0 saturated heterocycles. The number of thiazole rings is 1. The van der Waals surface area contributed by atoms with Crippen molar-refractivity contribution < 1.29 is 0 Å². The molecule has 1 aromatic carbocycles. The van der Waals surface area contributed by atoms with Crippen molar-refractivity contribution in [2.45, 2.75) is 19.9 Å². The molecule has 1 atom stereocenters. The van der Waals surface area contributed by atoms with Gasteiger partial charge in [-0.15, -0.1) is 11.3 Å². The zero-order valence-electron chi connectivity index (χ0n) is 11.3. The van der Waals surface area contributed by atoms with Gasteiger partial charge in [0.2, 0.25) is 0 Å². The molecule has 0 bridgehead atoms. The first-order valence-corrected chi connectivity index (χ1v) is 6.89. The predicted octanol–water partition coefficient (Wildman–Crippen LogP) is 3.69. The first-order valence-electron chi connectivity index (χ1n) is 6.01. The van der Waals surface area contributed by atoms with Gasteiger partial charge in [-0.3, -0.25) is 4.98 Å². The minimum absolute atomic E-state index is 0.287. The second-order valence-electron chi connectivity index (χ2n) is 4.67. The smallest absolute Gasteiger partial charge is 0.0795 e. The Kier molecular flexibility index (Phi) is 3.87. The Morgan fingerprint density at radius 1 is 1.33 bits per heavy atom. The molecular formula is C14H19N3S. The van der Waals surface area contributed by atoms with Crippen LogP contribution in [-0.2, 0) is 0 Å². The molecule has 96 valence electrons. The molecule has 0 aliphatic rings. The molecule has 2 rings (SSSR count). The Labute approximate surface area is 112 Å². The lowest BCUT2D eigenvalue weighted by Crippen LogP contribution is -2.11. The lowest BCUT2D eigenvalue weighted by atomic mass is 10.1. The molecule has 18 heavy (non-hydrogen) atoms. The van der Waals surface area contributed by atoms with Crippen LogP contribution >= 0.6 is 11.3 Å². The number of anilines is 2. The summed E-state index contributed by atoms with van der Waals surface area (Å²) in [5, 5.41) is 3.51. The van der Waals surface area contributed by atoms with Crippen LogP contribution in [0.25, 0.3) is 0 Å². The van der Waals surface area contributed by atoms with Crippen LogP contribution in [0.4, 0.5) is 11.4 Å². The van der Waals surface area contributed by atoms with Crippen LogP contribution in [-0.4, -0.2) is 19.1 Å². The van der Waals surface area contributed by atoms with Crippen LogP contribution < -0.4 is 10.2 Å². The van der Waals surface area contributed by atoms with Crippen LogP contribution in [0.15, 0.2) is 29.9 Å². The van der Waals surface area contributed by atoms with E-state index in [0.717, 1.165) is 5.69 Å². The molecule has 4 heteroatoms. The van der Waals surface area contributed by atoms with E-state index in [1.165, 1.54) is 16.1 Å². The number of rotatable bonds is 4. The van der Waals surface area contributed by atoms with E-state index in [0.29, 0.717) is 0 Å². The van der Waals surface area contributed by atoms with Gasteiger partial charge in [-0.1, -0.05) is 6.07 Å². The average molecular weight is 261 g/mol. The Bertz CT molecular complexity index is 506. The predicted molar refractivity (Wildman–Crippen MR) is 79.7 cm³/mol. The molecule has 1 N–H and O–H groups in total. The highest BCUT2D eigenvalue weighted by Crippen LogP contribution is 2.26. The summed E-state index contributed by atoms with van der Waals surface area (Å²) in [4.78, 5) is 7.50. The maximum Gasteiger partial charge on any atom is 0.0795 e. The third-order valence-corrected chi connectivity index (χ3v) is 3.91. The van der Waals surface area contributed by atoms with Crippen molar-refractivity contribution in [3.63, 3.8) is 0 Å². The third kappa shape index (κ3) is 2.82. The molecule has 0 aliphatic carbocycles. The van der Waals surface area contributed by atoms with Gasteiger partial charge in [-0.05, 0) is 31.5 Å². The molecule has 0 fully saturated rings. The van der Waals surface area contributed by atoms with Gasteiger partial charge in [-0.25, -0.2) is 0 Å². The highest BCUT2D eigenvalue weighted by Gasteiger charge is 2.08. The van der Waals surface area contributed by atoms with Gasteiger partial charge in [0.15, 0.2) is 0 Å². The normalized spacial score (nSPS) is 12.2. The van der Waals surface area contributed by atoms with Crippen molar-refractivity contribution in [3.05, 3.63) is 40.3 Å². The van der Waals surface area contributed by atoms with Crippen molar-refractivity contribution in [2.75, 3.05) is 24.3 Å². The van der Waals surface area contributed by atoms with E-state index in [1.807, 2.05) is 11.7 Å². The molecule has 2 aromatic rings. The minimum atomic E-state index is 0.287. The number of aryl methyl sites for hydroxylation is 1. The van der Waals surface area contributed by atoms with Crippen molar-refractivity contribution >= 4 is 22.7 Å². The van der Waals surface area contributed by atoms with E-state index >= 15 is 0 Å². The third-order valence-electron chi connectivity index (χ3n) is 2.95. The number of hydrogen-bond donors (Lipinski definition) is 1. The maximum atomic E-state index is 4.12. The Balaban J connectivity index is 2.17. The Morgan fingerprint density at radius 2 is 2.11 bits per heavy atom. The first kappa shape index (κ1) is 12.9. The van der Waals surface area contributed by atoms with Gasteiger partial charge in [0.25, 0.3) is 0 Å². The summed E-state index contributed by atoms with van der Waals surface area (Å²) in [5.74, 6) is 0. The summed E-state index contributed by atoms with van der Waals surface area (Å²) in [5.41, 5.74) is 5.55. The number of hydrogen-bond acceptors (Lipinski definition) is 4. The van der Waals surface area contributed by atoms with Crippen LogP contribution in [0.2, 0.25) is 0 Å². The van der Waals surface area contributed by atoms with Gasteiger partial charge in [-0.2, -0.15) is 0 Å². The quantitative estimate of drug-likeness (QED) is 0.909. The lowest BCUT2D eigenvalue weighted by molar-refractivity contribution is 0.903. The van der Waals surface area contributed by atoms with Crippen molar-refractivity contribution in [2.24, 2.45) is 0 Å². The van der Waals surface area contributed by atoms with E-state index in [4.69, 9.17) is 0 Å². The average Bonchev–Trinajstić information content (AvgIpc) is 2.85. The summed E-state index contributed by atoms with van der Waals surface area (Å²) in [6, 6.07) is 6.75. The number of nitrogens with one attached hydrogen (secondary N) is 1. The Hall–Kier alpha value is -1.55. The van der Waals surface area contributed by atoms with Gasteiger partial charge < -0.3 is 10.2 Å². The molecule has 0 radical (unpaired) electrons. The molecule has 1 heterocycles. The first-order chi connectivity index (χ1) is 8.58. The second-order valence-corrected chi connectivity index (χ2v) is 5.58. The molecule has 3 nitrogen and oxygen atoms in total. The number of benzene rings is 1. The molecule has 0 saturated carbocycles. The van der Waals surface area contributed by atoms with E-state index < -0.39 is 0 Å². The molecule has 0 aliphatic heterocycles. The van der Waals surface area contributed by atoms with Crippen molar-refractivity contribution in [1.82, 2.24) is 4.98 Å². The monoisotopic (exact) mass is 261 g/mol. The molecule has 0 amide bonds. The summed E-state index contributed by atoms with van der Waals surface area (Å²) in [6.45, 7) is 4.29. The largest absolute Gasteiger partial charge is 0.378 e. The van der Waals surface area contributed by atoms with E-state index in [-0.39, 0.29) is 6.04 Å². The summed E-state index contributed by atoms with van der Waals surface area (Å²) in [7, 11) is 4.14. The van der Waals surface area contributed by atoms with Crippen molar-refractivity contribution in [3.8, 4) is 0 Å². The Morgan fingerprint density at radius 3 is 2.72 bits per heavy atom. The second kappa shape index (κ2) is 5.40. The van der Waals surface area contributed by atoms with E-state index in [9.17, 15) is 0 Å². The molecule has 0 spiro atoms. The van der Waals surface area contributed by atoms with Gasteiger partial charge >= 0.3 is 0 Å². The fourth-order valence-electron chi connectivity index (χ4n) is 1.94. The van der Waals surface area contributed by atoms with E-state index in [1.54, 1.807) is 11.3 Å². The highest BCUT2D eigenvalue weighted by atomic mass is 32.1.